The molecule has 2 aromatic rings. The molecular formula is C15H16O3S. The summed E-state index contributed by atoms with van der Waals surface area (Å²) >= 11 is 1.70. The summed E-state index contributed by atoms with van der Waals surface area (Å²) in [5.41, 5.74) is 3.39. The molecule has 0 aliphatic heterocycles. The molecule has 1 aromatic carbocycles. The first-order valence-electron chi connectivity index (χ1n) is 6.00. The standard InChI is InChI=1S/C15H16O3S/c1-9-4-5-10(2)14(6-9)19-8-12-7-13(15(16)17)18-11(12)3/h4-7H,8H2,1-3H3,(H,16,17). The number of furan rings is 1. The SMILES string of the molecule is Cc1ccc(C)c(SCc2cc(C(=O)O)oc2C)c1. The van der Waals surface area contributed by atoms with Crippen LogP contribution in [0.2, 0.25) is 0 Å². The second kappa shape index (κ2) is 5.53. The van der Waals surface area contributed by atoms with Crippen LogP contribution in [0.1, 0.15) is 33.0 Å². The Morgan fingerprint density at radius 2 is 2.00 bits per heavy atom. The van der Waals surface area contributed by atoms with E-state index in [0.717, 1.165) is 5.56 Å². The number of aryl methyl sites for hydroxylation is 3. The molecule has 0 atom stereocenters. The van der Waals surface area contributed by atoms with E-state index < -0.39 is 5.97 Å². The third-order valence-corrected chi connectivity index (χ3v) is 4.16. The topological polar surface area (TPSA) is 50.4 Å². The molecule has 0 radical (unpaired) electrons. The number of carboxylic acid groups (broad SMARTS) is 1. The fraction of sp³-hybridized carbons (Fsp3) is 0.267. The highest BCUT2D eigenvalue weighted by atomic mass is 32.2. The molecule has 2 rings (SSSR count). The lowest BCUT2D eigenvalue weighted by atomic mass is 10.2. The summed E-state index contributed by atoms with van der Waals surface area (Å²) in [6.07, 6.45) is 0. The minimum Gasteiger partial charge on any atom is -0.475 e. The van der Waals surface area contributed by atoms with Gasteiger partial charge in [0.2, 0.25) is 5.76 Å². The molecule has 1 N–H and O–H groups in total. The van der Waals surface area contributed by atoms with Gasteiger partial charge < -0.3 is 9.52 Å². The van der Waals surface area contributed by atoms with Gasteiger partial charge >= 0.3 is 5.97 Å². The van der Waals surface area contributed by atoms with Crippen molar-refractivity contribution in [3.8, 4) is 0 Å². The van der Waals surface area contributed by atoms with Crippen molar-refractivity contribution in [2.24, 2.45) is 0 Å². The zero-order valence-electron chi connectivity index (χ0n) is 11.2. The van der Waals surface area contributed by atoms with Crippen molar-refractivity contribution in [1.82, 2.24) is 0 Å². The molecule has 4 heteroatoms. The molecule has 0 saturated heterocycles. The summed E-state index contributed by atoms with van der Waals surface area (Å²) in [6, 6.07) is 7.94. The van der Waals surface area contributed by atoms with Crippen molar-refractivity contribution >= 4 is 17.7 Å². The molecule has 100 valence electrons. The molecule has 0 amide bonds. The van der Waals surface area contributed by atoms with Gasteiger partial charge in [-0.1, -0.05) is 17.7 Å². The highest BCUT2D eigenvalue weighted by Crippen LogP contribution is 2.29. The summed E-state index contributed by atoms with van der Waals surface area (Å²) in [7, 11) is 0. The molecule has 1 aromatic heterocycles. The van der Waals surface area contributed by atoms with Crippen LogP contribution in [0.25, 0.3) is 0 Å². The van der Waals surface area contributed by atoms with Crippen LogP contribution >= 0.6 is 11.8 Å². The molecule has 3 nitrogen and oxygen atoms in total. The first-order chi connectivity index (χ1) is 8.97. The van der Waals surface area contributed by atoms with Crippen LogP contribution in [0, 0.1) is 20.8 Å². The number of thioether (sulfide) groups is 1. The van der Waals surface area contributed by atoms with Crippen LogP contribution < -0.4 is 0 Å². The third kappa shape index (κ3) is 3.20. The van der Waals surface area contributed by atoms with Gasteiger partial charge in [-0.2, -0.15) is 0 Å². The van der Waals surface area contributed by atoms with Gasteiger partial charge in [0.1, 0.15) is 5.76 Å². The molecule has 0 bridgehead atoms. The molecule has 0 aliphatic carbocycles. The van der Waals surface area contributed by atoms with Crippen LogP contribution in [0.15, 0.2) is 33.6 Å². The summed E-state index contributed by atoms with van der Waals surface area (Å²) in [5.74, 6) is 0.378. The van der Waals surface area contributed by atoms with E-state index in [2.05, 4.69) is 32.0 Å². The van der Waals surface area contributed by atoms with E-state index in [1.54, 1.807) is 24.8 Å². The van der Waals surface area contributed by atoms with E-state index in [4.69, 9.17) is 9.52 Å². The second-order valence-corrected chi connectivity index (χ2v) is 5.57. The van der Waals surface area contributed by atoms with E-state index in [9.17, 15) is 4.79 Å². The number of rotatable bonds is 4. The predicted molar refractivity (Wildman–Crippen MR) is 75.9 cm³/mol. The molecule has 0 aliphatic rings. The first-order valence-corrected chi connectivity index (χ1v) is 6.98. The zero-order chi connectivity index (χ0) is 14.0. The van der Waals surface area contributed by atoms with Gasteiger partial charge in [-0.05, 0) is 38.5 Å². The molecular weight excluding hydrogens is 260 g/mol. The van der Waals surface area contributed by atoms with Gasteiger partial charge in [0, 0.05) is 16.2 Å². The normalized spacial score (nSPS) is 10.7. The maximum absolute atomic E-state index is 10.8. The Morgan fingerprint density at radius 3 is 2.63 bits per heavy atom. The van der Waals surface area contributed by atoms with Gasteiger partial charge in [-0.25, -0.2) is 4.79 Å². The van der Waals surface area contributed by atoms with Crippen LogP contribution in [0.5, 0.6) is 0 Å². The van der Waals surface area contributed by atoms with E-state index >= 15 is 0 Å². The fourth-order valence-electron chi connectivity index (χ4n) is 1.79. The summed E-state index contributed by atoms with van der Waals surface area (Å²) in [4.78, 5) is 12.1. The lowest BCUT2D eigenvalue weighted by molar-refractivity contribution is 0.0661. The van der Waals surface area contributed by atoms with E-state index in [1.807, 2.05) is 0 Å². The molecule has 0 unspecified atom stereocenters. The fourth-order valence-corrected chi connectivity index (χ4v) is 2.95. The summed E-state index contributed by atoms with van der Waals surface area (Å²) in [5, 5.41) is 8.89. The molecule has 0 saturated carbocycles. The van der Waals surface area contributed by atoms with Gasteiger partial charge in [0.25, 0.3) is 0 Å². The minimum atomic E-state index is -1.02. The van der Waals surface area contributed by atoms with E-state index in [0.29, 0.717) is 11.5 Å². The maximum Gasteiger partial charge on any atom is 0.371 e. The minimum absolute atomic E-state index is 0.00839. The predicted octanol–water partition coefficient (Wildman–Crippen LogP) is 4.20. The smallest absolute Gasteiger partial charge is 0.371 e. The van der Waals surface area contributed by atoms with Gasteiger partial charge in [-0.3, -0.25) is 0 Å². The highest BCUT2D eigenvalue weighted by molar-refractivity contribution is 7.98. The second-order valence-electron chi connectivity index (χ2n) is 4.55. The van der Waals surface area contributed by atoms with Crippen LogP contribution in [0.4, 0.5) is 0 Å². The van der Waals surface area contributed by atoms with Crippen molar-refractivity contribution < 1.29 is 14.3 Å². The maximum atomic E-state index is 10.8. The monoisotopic (exact) mass is 276 g/mol. The van der Waals surface area contributed by atoms with Crippen molar-refractivity contribution in [2.45, 2.75) is 31.4 Å². The van der Waals surface area contributed by atoms with Crippen LogP contribution in [0.3, 0.4) is 0 Å². The number of carboxylic acids is 1. The summed E-state index contributed by atoms with van der Waals surface area (Å²) < 4.78 is 5.21. The van der Waals surface area contributed by atoms with Gasteiger partial charge in [0.15, 0.2) is 0 Å². The van der Waals surface area contributed by atoms with E-state index in [1.165, 1.54) is 16.0 Å². The number of aromatic carboxylic acids is 1. The molecule has 0 fully saturated rings. The van der Waals surface area contributed by atoms with Gasteiger partial charge in [-0.15, -0.1) is 11.8 Å². The van der Waals surface area contributed by atoms with Crippen molar-refractivity contribution in [1.29, 1.82) is 0 Å². The molecule has 0 spiro atoms. The number of hydrogen-bond acceptors (Lipinski definition) is 3. The Bertz CT molecular complexity index is 614. The largest absolute Gasteiger partial charge is 0.475 e. The number of carbonyl (C=O) groups is 1. The van der Waals surface area contributed by atoms with Gasteiger partial charge in [0.05, 0.1) is 0 Å². The summed E-state index contributed by atoms with van der Waals surface area (Å²) in [6.45, 7) is 5.94. The Kier molecular flexibility index (Phi) is 4.00. The lowest BCUT2D eigenvalue weighted by Crippen LogP contribution is -1.91. The molecule has 1 heterocycles. The molecule has 19 heavy (non-hydrogen) atoms. The Hall–Kier alpha value is -1.68. The number of benzene rings is 1. The van der Waals surface area contributed by atoms with Crippen molar-refractivity contribution in [3.05, 3.63) is 52.5 Å². The highest BCUT2D eigenvalue weighted by Gasteiger charge is 2.13. The van der Waals surface area contributed by atoms with Crippen LogP contribution in [-0.4, -0.2) is 11.1 Å². The Labute approximate surface area is 116 Å². The quantitative estimate of drug-likeness (QED) is 0.850. The average Bonchev–Trinajstić information content (AvgIpc) is 2.72. The third-order valence-electron chi connectivity index (χ3n) is 2.96. The average molecular weight is 276 g/mol. The lowest BCUT2D eigenvalue weighted by Gasteiger charge is -2.06. The first kappa shape index (κ1) is 13.7. The Morgan fingerprint density at radius 1 is 1.26 bits per heavy atom. The Balaban J connectivity index is 2.14. The van der Waals surface area contributed by atoms with Crippen molar-refractivity contribution in [3.63, 3.8) is 0 Å². The van der Waals surface area contributed by atoms with Crippen LogP contribution in [-0.2, 0) is 5.75 Å². The number of hydrogen-bond donors (Lipinski definition) is 1. The zero-order valence-corrected chi connectivity index (χ0v) is 12.0. The van der Waals surface area contributed by atoms with Crippen molar-refractivity contribution in [2.75, 3.05) is 0 Å². The van der Waals surface area contributed by atoms with E-state index in [-0.39, 0.29) is 5.76 Å².